The van der Waals surface area contributed by atoms with Crippen molar-refractivity contribution in [3.05, 3.63) is 53.0 Å². The van der Waals surface area contributed by atoms with Gasteiger partial charge in [0.2, 0.25) is 0 Å². The summed E-state index contributed by atoms with van der Waals surface area (Å²) in [4.78, 5) is 12.9. The van der Waals surface area contributed by atoms with Gasteiger partial charge in [0, 0.05) is 29.8 Å². The second-order valence-corrected chi connectivity index (χ2v) is 8.08. The molecule has 0 saturated heterocycles. The second kappa shape index (κ2) is 7.34. The van der Waals surface area contributed by atoms with Gasteiger partial charge in [0.25, 0.3) is 0 Å². The fourth-order valence-electron chi connectivity index (χ4n) is 4.18. The van der Waals surface area contributed by atoms with Crippen LogP contribution in [0.25, 0.3) is 11.0 Å². The lowest BCUT2D eigenvalue weighted by atomic mass is 9.93. The highest BCUT2D eigenvalue weighted by Crippen LogP contribution is 2.33. The van der Waals surface area contributed by atoms with Crippen LogP contribution in [0.2, 0.25) is 0 Å². The summed E-state index contributed by atoms with van der Waals surface area (Å²) in [5, 5.41) is 11.9. The average molecular weight is 380 g/mol. The maximum absolute atomic E-state index is 12.9. The number of amides is 2. The summed E-state index contributed by atoms with van der Waals surface area (Å²) >= 11 is 0. The third-order valence-corrected chi connectivity index (χ3v) is 5.64. The molecule has 0 saturated carbocycles. The molecule has 2 aromatic heterocycles. The normalized spacial score (nSPS) is 17.5. The van der Waals surface area contributed by atoms with Crippen LogP contribution >= 0.6 is 0 Å². The van der Waals surface area contributed by atoms with Crippen LogP contribution in [-0.2, 0) is 13.5 Å². The number of urea groups is 1. The lowest BCUT2D eigenvalue weighted by Crippen LogP contribution is -2.42. The summed E-state index contributed by atoms with van der Waals surface area (Å²) in [6, 6.07) is 7.64. The van der Waals surface area contributed by atoms with Gasteiger partial charge in [-0.3, -0.25) is 4.68 Å². The Balaban J connectivity index is 1.54. The number of para-hydroxylation sites is 1. The molecule has 0 spiro atoms. The Kier molecular flexibility index (Phi) is 4.87. The van der Waals surface area contributed by atoms with E-state index in [0.29, 0.717) is 0 Å². The zero-order chi connectivity index (χ0) is 19.8. The lowest BCUT2D eigenvalue weighted by Gasteiger charge is -2.26. The molecule has 0 bridgehead atoms. The molecular weight excluding hydrogens is 352 g/mol. The van der Waals surface area contributed by atoms with E-state index in [0.717, 1.165) is 52.8 Å². The topological polar surface area (TPSA) is 72.1 Å². The van der Waals surface area contributed by atoms with Crippen LogP contribution < -0.4 is 10.6 Å². The highest BCUT2D eigenvalue weighted by molar-refractivity contribution is 5.82. The molecule has 1 aromatic carbocycles. The Morgan fingerprint density at radius 2 is 2.11 bits per heavy atom. The first-order chi connectivity index (χ1) is 13.4. The molecule has 2 amide bonds. The van der Waals surface area contributed by atoms with Gasteiger partial charge in [-0.05, 0) is 38.2 Å². The van der Waals surface area contributed by atoms with Gasteiger partial charge in [0.15, 0.2) is 0 Å². The number of nitrogens with zero attached hydrogens (tertiary/aromatic N) is 2. The Labute approximate surface area is 165 Å². The maximum Gasteiger partial charge on any atom is 0.315 e. The number of carbonyl (C=O) groups is 1. The zero-order valence-corrected chi connectivity index (χ0v) is 17.0. The van der Waals surface area contributed by atoms with Gasteiger partial charge < -0.3 is 15.1 Å². The quantitative estimate of drug-likeness (QED) is 0.697. The maximum atomic E-state index is 12.9. The van der Waals surface area contributed by atoms with E-state index in [1.807, 2.05) is 36.1 Å². The van der Waals surface area contributed by atoms with Crippen molar-refractivity contribution in [2.75, 3.05) is 0 Å². The Hall–Kier alpha value is -2.76. The van der Waals surface area contributed by atoms with Crippen molar-refractivity contribution in [3.8, 4) is 0 Å². The molecule has 28 heavy (non-hydrogen) atoms. The van der Waals surface area contributed by atoms with Crippen molar-refractivity contribution in [3.63, 3.8) is 0 Å². The first-order valence-electron chi connectivity index (χ1n) is 10.0. The molecule has 6 nitrogen and oxygen atoms in total. The average Bonchev–Trinajstić information content (AvgIpc) is 3.20. The molecule has 2 atom stereocenters. The van der Waals surface area contributed by atoms with Crippen LogP contribution in [0.15, 0.2) is 34.9 Å². The number of fused-ring (bicyclic) bond motifs is 2. The monoisotopic (exact) mass is 380 g/mol. The predicted octanol–water partition coefficient (Wildman–Crippen LogP) is 4.55. The first kappa shape index (κ1) is 18.6. The van der Waals surface area contributed by atoms with E-state index in [1.165, 1.54) is 0 Å². The third kappa shape index (κ3) is 3.39. The van der Waals surface area contributed by atoms with Crippen molar-refractivity contribution in [2.24, 2.45) is 13.0 Å². The number of aryl methyl sites for hydroxylation is 3. The number of aromatic nitrogens is 2. The molecule has 6 heteroatoms. The smallest absolute Gasteiger partial charge is 0.315 e. The number of nitrogens with one attached hydrogen (secondary N) is 2. The van der Waals surface area contributed by atoms with Gasteiger partial charge >= 0.3 is 6.03 Å². The van der Waals surface area contributed by atoms with Crippen molar-refractivity contribution >= 4 is 17.0 Å². The molecule has 2 N–H and O–H groups in total. The van der Waals surface area contributed by atoms with Crippen LogP contribution in [-0.4, -0.2) is 15.8 Å². The van der Waals surface area contributed by atoms with E-state index in [-0.39, 0.29) is 24.0 Å². The van der Waals surface area contributed by atoms with Gasteiger partial charge in [0.1, 0.15) is 11.3 Å². The van der Waals surface area contributed by atoms with Crippen molar-refractivity contribution in [1.82, 2.24) is 20.4 Å². The van der Waals surface area contributed by atoms with Crippen LogP contribution in [0.5, 0.6) is 0 Å². The number of carbonyl (C=O) groups excluding carboxylic acids is 1. The van der Waals surface area contributed by atoms with E-state index in [9.17, 15) is 4.79 Å². The van der Waals surface area contributed by atoms with Gasteiger partial charge in [0.05, 0.1) is 17.8 Å². The van der Waals surface area contributed by atoms with Crippen LogP contribution in [0.3, 0.4) is 0 Å². The van der Waals surface area contributed by atoms with Gasteiger partial charge in [-0.15, -0.1) is 0 Å². The van der Waals surface area contributed by atoms with Gasteiger partial charge in [-0.1, -0.05) is 32.0 Å². The summed E-state index contributed by atoms with van der Waals surface area (Å²) in [6.45, 7) is 6.24. The summed E-state index contributed by atoms with van der Waals surface area (Å²) in [5.41, 5.74) is 4.16. The summed E-state index contributed by atoms with van der Waals surface area (Å²) in [7, 11) is 1.93. The minimum absolute atomic E-state index is 0.00188. The lowest BCUT2D eigenvalue weighted by molar-refractivity contribution is 0.224. The number of furan rings is 1. The molecule has 0 fully saturated rings. The Morgan fingerprint density at radius 1 is 1.32 bits per heavy atom. The standard InChI is InChI=1S/C22H28N4O2/c1-13(2)20(21-14(3)15-8-5-6-11-19(15)28-21)24-22(27)23-17-9-7-10-18-16(17)12-26(4)25-18/h5-6,8,11-13,17,20H,7,9-10H2,1-4H3,(H2,23,24,27)/t17?,20-/m1/s1. The third-order valence-electron chi connectivity index (χ3n) is 5.64. The molecule has 3 aromatic rings. The summed E-state index contributed by atoms with van der Waals surface area (Å²) in [5.74, 6) is 1.03. The molecular formula is C22H28N4O2. The number of rotatable bonds is 4. The highest BCUT2D eigenvalue weighted by Gasteiger charge is 2.28. The SMILES string of the molecule is Cc1c([C@H](NC(=O)NC2CCCc3nn(C)cc32)C(C)C)oc2ccccc12. The van der Waals surface area contributed by atoms with E-state index >= 15 is 0 Å². The molecule has 4 rings (SSSR count). The van der Waals surface area contributed by atoms with Gasteiger partial charge in [-0.2, -0.15) is 5.10 Å². The highest BCUT2D eigenvalue weighted by atomic mass is 16.3. The van der Waals surface area contributed by atoms with Crippen LogP contribution in [0.4, 0.5) is 4.79 Å². The number of hydrogen-bond acceptors (Lipinski definition) is 3. The van der Waals surface area contributed by atoms with Crippen molar-refractivity contribution < 1.29 is 9.21 Å². The summed E-state index contributed by atoms with van der Waals surface area (Å²) in [6.07, 6.45) is 4.96. The minimum atomic E-state index is -0.190. The molecule has 1 aliphatic carbocycles. The molecule has 0 radical (unpaired) electrons. The summed E-state index contributed by atoms with van der Waals surface area (Å²) < 4.78 is 7.95. The van der Waals surface area contributed by atoms with E-state index in [1.54, 1.807) is 0 Å². The zero-order valence-electron chi connectivity index (χ0n) is 17.0. The van der Waals surface area contributed by atoms with Crippen molar-refractivity contribution in [1.29, 1.82) is 0 Å². The molecule has 2 heterocycles. The Morgan fingerprint density at radius 3 is 2.86 bits per heavy atom. The first-order valence-corrected chi connectivity index (χ1v) is 10.0. The number of benzene rings is 1. The van der Waals surface area contributed by atoms with Gasteiger partial charge in [-0.25, -0.2) is 4.79 Å². The molecule has 148 valence electrons. The molecule has 0 aliphatic heterocycles. The number of hydrogen-bond donors (Lipinski definition) is 2. The molecule has 1 unspecified atom stereocenters. The molecule has 1 aliphatic rings. The second-order valence-electron chi connectivity index (χ2n) is 8.08. The van der Waals surface area contributed by atoms with Crippen LogP contribution in [0, 0.1) is 12.8 Å². The van der Waals surface area contributed by atoms with E-state index in [4.69, 9.17) is 4.42 Å². The van der Waals surface area contributed by atoms with Crippen LogP contribution in [0.1, 0.15) is 61.4 Å². The largest absolute Gasteiger partial charge is 0.459 e. The van der Waals surface area contributed by atoms with E-state index in [2.05, 4.69) is 42.6 Å². The van der Waals surface area contributed by atoms with Crippen molar-refractivity contribution in [2.45, 2.75) is 52.1 Å². The fraction of sp³-hybridized carbons (Fsp3) is 0.455. The fourth-order valence-corrected chi connectivity index (χ4v) is 4.18. The Bertz CT molecular complexity index is 1000. The van der Waals surface area contributed by atoms with E-state index < -0.39 is 0 Å². The minimum Gasteiger partial charge on any atom is -0.459 e. The predicted molar refractivity (Wildman–Crippen MR) is 109 cm³/mol.